The van der Waals surface area contributed by atoms with Gasteiger partial charge in [-0.05, 0) is 18.2 Å². The monoisotopic (exact) mass is 229 g/mol. The molecule has 0 aliphatic carbocycles. The highest BCUT2D eigenvalue weighted by Gasteiger charge is 2.12. The minimum Gasteiger partial charge on any atom is -0.409 e. The summed E-state index contributed by atoms with van der Waals surface area (Å²) in [5.41, 5.74) is 4.65. The van der Waals surface area contributed by atoms with E-state index in [-0.39, 0.29) is 12.4 Å². The first-order valence-corrected chi connectivity index (χ1v) is 4.24. The average molecular weight is 229 g/mol. The molecule has 5 nitrogen and oxygen atoms in total. The fraction of sp³-hybridized carbons (Fsp3) is 0.111. The Kier molecular flexibility index (Phi) is 3.76. The van der Waals surface area contributed by atoms with Crippen LogP contribution >= 0.6 is 0 Å². The summed E-state index contributed by atoms with van der Waals surface area (Å²) in [5, 5.41) is 13.0. The zero-order valence-electron chi connectivity index (χ0n) is 8.08. The maximum atomic E-state index is 13.1. The van der Waals surface area contributed by atoms with Gasteiger partial charge in [-0.25, -0.2) is 8.78 Å². The van der Waals surface area contributed by atoms with Gasteiger partial charge in [0.25, 0.3) is 5.91 Å². The van der Waals surface area contributed by atoms with E-state index in [0.717, 1.165) is 18.2 Å². The molecule has 0 radical (unpaired) electrons. The maximum Gasteiger partial charge on any atom is 0.254 e. The van der Waals surface area contributed by atoms with Gasteiger partial charge >= 0.3 is 0 Å². The molecule has 0 unspecified atom stereocenters. The Morgan fingerprint density at radius 2 is 2.19 bits per heavy atom. The summed E-state index contributed by atoms with van der Waals surface area (Å²) in [6.45, 7) is -0.259. The first kappa shape index (κ1) is 11.9. The molecule has 1 aromatic carbocycles. The molecule has 4 N–H and O–H groups in total. The van der Waals surface area contributed by atoms with Crippen molar-refractivity contribution in [3.05, 3.63) is 35.4 Å². The van der Waals surface area contributed by atoms with Crippen molar-refractivity contribution in [2.24, 2.45) is 10.9 Å². The number of carbonyl (C=O) groups is 1. The zero-order valence-corrected chi connectivity index (χ0v) is 8.08. The summed E-state index contributed by atoms with van der Waals surface area (Å²) in [6, 6.07) is 2.50. The minimum absolute atomic E-state index is 0.245. The molecule has 16 heavy (non-hydrogen) atoms. The predicted octanol–water partition coefficient (Wildman–Crippen LogP) is 0.441. The maximum absolute atomic E-state index is 13.1. The number of oxime groups is 1. The molecule has 1 aromatic rings. The molecule has 86 valence electrons. The van der Waals surface area contributed by atoms with E-state index in [4.69, 9.17) is 10.9 Å². The van der Waals surface area contributed by atoms with E-state index in [9.17, 15) is 13.6 Å². The average Bonchev–Trinajstić information content (AvgIpc) is 2.28. The van der Waals surface area contributed by atoms with Gasteiger partial charge in [0.2, 0.25) is 0 Å². The number of amides is 1. The number of amidine groups is 1. The van der Waals surface area contributed by atoms with Crippen LogP contribution in [0.4, 0.5) is 8.78 Å². The molecule has 0 aliphatic rings. The summed E-state index contributed by atoms with van der Waals surface area (Å²) in [5.74, 6) is -2.66. The van der Waals surface area contributed by atoms with Crippen LogP contribution in [0, 0.1) is 11.6 Å². The fourth-order valence-electron chi connectivity index (χ4n) is 0.973. The molecular weight excluding hydrogens is 220 g/mol. The summed E-state index contributed by atoms with van der Waals surface area (Å²) in [7, 11) is 0. The Balaban J connectivity index is 2.77. The highest BCUT2D eigenvalue weighted by atomic mass is 19.1. The number of hydrogen-bond acceptors (Lipinski definition) is 3. The molecule has 0 aliphatic heterocycles. The van der Waals surface area contributed by atoms with Gasteiger partial charge < -0.3 is 16.3 Å². The molecule has 0 spiro atoms. The van der Waals surface area contributed by atoms with Crippen LogP contribution in [0.1, 0.15) is 10.4 Å². The standard InChI is InChI=1S/C9H9F2N3O2/c10-5-1-2-7(11)6(3-5)9(15)13-4-8(12)14-16/h1-3,16H,4H2,(H2,12,14)(H,13,15). The van der Waals surface area contributed by atoms with Gasteiger partial charge in [0.05, 0.1) is 12.1 Å². The molecule has 0 heterocycles. The lowest BCUT2D eigenvalue weighted by Gasteiger charge is -2.04. The number of benzene rings is 1. The normalized spacial score (nSPS) is 11.2. The van der Waals surface area contributed by atoms with Crippen LogP contribution in [0.25, 0.3) is 0 Å². The number of nitrogens with zero attached hydrogens (tertiary/aromatic N) is 1. The van der Waals surface area contributed by atoms with Gasteiger partial charge in [0.15, 0.2) is 5.84 Å². The SMILES string of the molecule is N/C(CNC(=O)c1cc(F)ccc1F)=N\O. The van der Waals surface area contributed by atoms with E-state index in [1.54, 1.807) is 0 Å². The van der Waals surface area contributed by atoms with Crippen molar-refractivity contribution in [3.63, 3.8) is 0 Å². The number of halogens is 2. The number of nitrogens with two attached hydrogens (primary N) is 1. The van der Waals surface area contributed by atoms with Crippen LogP contribution in [0.3, 0.4) is 0 Å². The fourth-order valence-corrected chi connectivity index (χ4v) is 0.973. The molecule has 0 aromatic heterocycles. The van der Waals surface area contributed by atoms with Crippen molar-refractivity contribution in [2.45, 2.75) is 0 Å². The number of carbonyl (C=O) groups excluding carboxylic acids is 1. The second-order valence-corrected chi connectivity index (χ2v) is 2.90. The third kappa shape index (κ3) is 2.91. The summed E-state index contributed by atoms with van der Waals surface area (Å²) in [6.07, 6.45) is 0. The van der Waals surface area contributed by atoms with Crippen LogP contribution in [0.5, 0.6) is 0 Å². The van der Waals surface area contributed by atoms with E-state index in [1.807, 2.05) is 0 Å². The molecule has 0 atom stereocenters. The Hall–Kier alpha value is -2.18. The lowest BCUT2D eigenvalue weighted by atomic mass is 10.2. The Morgan fingerprint density at radius 3 is 2.81 bits per heavy atom. The molecule has 1 amide bonds. The first-order chi connectivity index (χ1) is 7.54. The van der Waals surface area contributed by atoms with Crippen molar-refractivity contribution in [1.29, 1.82) is 0 Å². The molecule has 1 rings (SSSR count). The van der Waals surface area contributed by atoms with E-state index >= 15 is 0 Å². The van der Waals surface area contributed by atoms with E-state index in [2.05, 4.69) is 10.5 Å². The van der Waals surface area contributed by atoms with E-state index in [0.29, 0.717) is 0 Å². The highest BCUT2D eigenvalue weighted by molar-refractivity contribution is 5.97. The van der Waals surface area contributed by atoms with Gasteiger partial charge in [-0.2, -0.15) is 0 Å². The summed E-state index contributed by atoms with van der Waals surface area (Å²) in [4.78, 5) is 11.3. The number of hydrogen-bond donors (Lipinski definition) is 3. The van der Waals surface area contributed by atoms with Crippen LogP contribution in [0.15, 0.2) is 23.4 Å². The quantitative estimate of drug-likeness (QED) is 0.304. The smallest absolute Gasteiger partial charge is 0.254 e. The third-order valence-electron chi connectivity index (χ3n) is 1.73. The van der Waals surface area contributed by atoms with Crippen molar-refractivity contribution in [2.75, 3.05) is 6.54 Å². The molecular formula is C9H9F2N3O2. The third-order valence-corrected chi connectivity index (χ3v) is 1.73. The first-order valence-electron chi connectivity index (χ1n) is 4.24. The van der Waals surface area contributed by atoms with E-state index < -0.39 is 23.1 Å². The van der Waals surface area contributed by atoms with Crippen molar-refractivity contribution < 1.29 is 18.8 Å². The summed E-state index contributed by atoms with van der Waals surface area (Å²) < 4.78 is 25.8. The number of nitrogens with one attached hydrogen (secondary N) is 1. The summed E-state index contributed by atoms with van der Waals surface area (Å²) >= 11 is 0. The van der Waals surface area contributed by atoms with Gasteiger partial charge in [-0.1, -0.05) is 5.16 Å². The van der Waals surface area contributed by atoms with Gasteiger partial charge in [0.1, 0.15) is 11.6 Å². The Bertz CT molecular complexity index is 435. The minimum atomic E-state index is -0.849. The van der Waals surface area contributed by atoms with Crippen molar-refractivity contribution in [1.82, 2.24) is 5.32 Å². The van der Waals surface area contributed by atoms with Gasteiger partial charge in [-0.3, -0.25) is 4.79 Å². The predicted molar refractivity (Wildman–Crippen MR) is 52.1 cm³/mol. The van der Waals surface area contributed by atoms with Crippen molar-refractivity contribution >= 4 is 11.7 Å². The molecule has 7 heteroatoms. The topological polar surface area (TPSA) is 87.7 Å². The highest BCUT2D eigenvalue weighted by Crippen LogP contribution is 2.09. The van der Waals surface area contributed by atoms with Crippen molar-refractivity contribution in [3.8, 4) is 0 Å². The zero-order chi connectivity index (χ0) is 12.1. The van der Waals surface area contributed by atoms with Gasteiger partial charge in [0, 0.05) is 0 Å². The second-order valence-electron chi connectivity index (χ2n) is 2.90. The lowest BCUT2D eigenvalue weighted by molar-refractivity contribution is 0.0954. The molecule has 0 saturated carbocycles. The second kappa shape index (κ2) is 5.06. The number of rotatable bonds is 3. The molecule has 0 saturated heterocycles. The Labute approximate surface area is 89.6 Å². The van der Waals surface area contributed by atoms with Crippen LogP contribution in [0.2, 0.25) is 0 Å². The molecule has 0 bridgehead atoms. The largest absolute Gasteiger partial charge is 0.409 e. The van der Waals surface area contributed by atoms with Gasteiger partial charge in [-0.15, -0.1) is 0 Å². The van der Waals surface area contributed by atoms with Crippen LogP contribution in [-0.2, 0) is 0 Å². The molecule has 0 fully saturated rings. The van der Waals surface area contributed by atoms with E-state index in [1.165, 1.54) is 0 Å². The van der Waals surface area contributed by atoms with Crippen LogP contribution in [-0.4, -0.2) is 23.5 Å². The lowest BCUT2D eigenvalue weighted by Crippen LogP contribution is -2.34. The van der Waals surface area contributed by atoms with Crippen LogP contribution < -0.4 is 11.1 Å². The Morgan fingerprint density at radius 1 is 1.50 bits per heavy atom.